The minimum absolute atomic E-state index is 0.570. The van der Waals surface area contributed by atoms with Crippen molar-refractivity contribution in [2.45, 2.75) is 13.5 Å². The standard InChI is InChI=1S/C18H14BrN3/c1-2-22-17-6-4-3-5-16(17)21-18(22)14(12-20)11-13-7-9-15(19)10-8-13/h3-11H,2H2,1H3/b14-11-. The predicted molar refractivity (Wildman–Crippen MR) is 93.0 cm³/mol. The highest BCUT2D eigenvalue weighted by molar-refractivity contribution is 9.10. The molecule has 4 heteroatoms. The third-order valence-corrected chi connectivity index (χ3v) is 4.04. The number of allylic oxidation sites excluding steroid dienone is 1. The zero-order valence-corrected chi connectivity index (χ0v) is 13.7. The van der Waals surface area contributed by atoms with Crippen molar-refractivity contribution in [1.82, 2.24) is 9.55 Å². The van der Waals surface area contributed by atoms with Crippen LogP contribution in [-0.2, 0) is 6.54 Å². The van der Waals surface area contributed by atoms with Gasteiger partial charge in [-0.1, -0.05) is 40.2 Å². The molecule has 3 nitrogen and oxygen atoms in total. The molecule has 3 aromatic rings. The van der Waals surface area contributed by atoms with Gasteiger partial charge in [0.25, 0.3) is 0 Å². The van der Waals surface area contributed by atoms with E-state index in [2.05, 4.69) is 38.5 Å². The molecule has 1 heterocycles. The molecule has 0 atom stereocenters. The lowest BCUT2D eigenvalue weighted by molar-refractivity contribution is 0.775. The second-order valence-corrected chi connectivity index (χ2v) is 5.81. The number of hydrogen-bond acceptors (Lipinski definition) is 2. The summed E-state index contributed by atoms with van der Waals surface area (Å²) >= 11 is 3.42. The smallest absolute Gasteiger partial charge is 0.151 e. The molecule has 0 unspecified atom stereocenters. The molecule has 0 aliphatic carbocycles. The van der Waals surface area contributed by atoms with Gasteiger partial charge >= 0.3 is 0 Å². The zero-order valence-electron chi connectivity index (χ0n) is 12.1. The van der Waals surface area contributed by atoms with Crippen molar-refractivity contribution in [2.24, 2.45) is 0 Å². The highest BCUT2D eigenvalue weighted by Gasteiger charge is 2.13. The summed E-state index contributed by atoms with van der Waals surface area (Å²) in [4.78, 5) is 4.63. The van der Waals surface area contributed by atoms with Gasteiger partial charge in [-0.25, -0.2) is 4.98 Å². The number of benzene rings is 2. The lowest BCUT2D eigenvalue weighted by Gasteiger charge is -2.05. The highest BCUT2D eigenvalue weighted by atomic mass is 79.9. The zero-order chi connectivity index (χ0) is 15.5. The van der Waals surface area contributed by atoms with E-state index in [1.54, 1.807) is 0 Å². The summed E-state index contributed by atoms with van der Waals surface area (Å²) in [5.41, 5.74) is 3.52. The molecule has 0 N–H and O–H groups in total. The number of imidazole rings is 1. The van der Waals surface area contributed by atoms with Crippen LogP contribution in [-0.4, -0.2) is 9.55 Å². The number of aromatic nitrogens is 2. The van der Waals surface area contributed by atoms with E-state index in [1.807, 2.05) is 54.6 Å². The van der Waals surface area contributed by atoms with Gasteiger partial charge in [-0.2, -0.15) is 5.26 Å². The van der Waals surface area contributed by atoms with Crippen molar-refractivity contribution < 1.29 is 0 Å². The van der Waals surface area contributed by atoms with Crippen molar-refractivity contribution >= 4 is 38.6 Å². The Hall–Kier alpha value is -2.38. The molecule has 108 valence electrons. The van der Waals surface area contributed by atoms with E-state index in [0.29, 0.717) is 11.4 Å². The SMILES string of the molecule is CCn1c(/C(C#N)=C\c2ccc(Br)cc2)nc2ccccc21. The first-order valence-electron chi connectivity index (χ1n) is 7.06. The molecule has 0 aliphatic rings. The van der Waals surface area contributed by atoms with E-state index >= 15 is 0 Å². The topological polar surface area (TPSA) is 41.6 Å². The first-order valence-corrected chi connectivity index (χ1v) is 7.85. The highest BCUT2D eigenvalue weighted by Crippen LogP contribution is 2.23. The molecule has 0 bridgehead atoms. The quantitative estimate of drug-likeness (QED) is 0.630. The Morgan fingerprint density at radius 3 is 2.64 bits per heavy atom. The average molecular weight is 352 g/mol. The molecule has 1 aromatic heterocycles. The van der Waals surface area contributed by atoms with Crippen molar-refractivity contribution in [3.63, 3.8) is 0 Å². The predicted octanol–water partition coefficient (Wildman–Crippen LogP) is 4.88. The van der Waals surface area contributed by atoms with E-state index in [4.69, 9.17) is 0 Å². The molecule has 0 amide bonds. The lowest BCUT2D eigenvalue weighted by atomic mass is 10.1. The molecule has 0 radical (unpaired) electrons. The number of nitriles is 1. The molecule has 3 rings (SSSR count). The summed E-state index contributed by atoms with van der Waals surface area (Å²) in [7, 11) is 0. The Morgan fingerprint density at radius 2 is 1.95 bits per heavy atom. The molecule has 22 heavy (non-hydrogen) atoms. The normalized spacial score (nSPS) is 11.6. The number of rotatable bonds is 3. The minimum Gasteiger partial charge on any atom is -0.324 e. The Bertz CT molecular complexity index is 883. The van der Waals surface area contributed by atoms with Crippen LogP contribution in [0.15, 0.2) is 53.0 Å². The van der Waals surface area contributed by atoms with Gasteiger partial charge in [-0.3, -0.25) is 0 Å². The number of hydrogen-bond donors (Lipinski definition) is 0. The third-order valence-electron chi connectivity index (χ3n) is 3.51. The van der Waals surface area contributed by atoms with Crippen molar-refractivity contribution in [1.29, 1.82) is 5.26 Å². The van der Waals surface area contributed by atoms with Gasteiger partial charge in [0.15, 0.2) is 5.82 Å². The maximum atomic E-state index is 9.56. The molecule has 0 aliphatic heterocycles. The number of nitrogens with zero attached hydrogens (tertiary/aromatic N) is 3. The van der Waals surface area contributed by atoms with Gasteiger partial charge in [-0.05, 0) is 42.8 Å². The number of fused-ring (bicyclic) bond motifs is 1. The van der Waals surface area contributed by atoms with Crippen LogP contribution in [0, 0.1) is 11.3 Å². The molecular weight excluding hydrogens is 338 g/mol. The van der Waals surface area contributed by atoms with Crippen LogP contribution in [0.25, 0.3) is 22.7 Å². The number of para-hydroxylation sites is 2. The maximum absolute atomic E-state index is 9.56. The fourth-order valence-corrected chi connectivity index (χ4v) is 2.74. The van der Waals surface area contributed by atoms with Gasteiger partial charge < -0.3 is 4.57 Å². The van der Waals surface area contributed by atoms with Gasteiger partial charge in [0.05, 0.1) is 16.6 Å². The molecule has 2 aromatic carbocycles. The van der Waals surface area contributed by atoms with E-state index < -0.39 is 0 Å². The Labute approximate surface area is 137 Å². The lowest BCUT2D eigenvalue weighted by Crippen LogP contribution is -2.00. The monoisotopic (exact) mass is 351 g/mol. The second kappa shape index (κ2) is 6.17. The summed E-state index contributed by atoms with van der Waals surface area (Å²) < 4.78 is 3.09. The third kappa shape index (κ3) is 2.68. The molecule has 0 saturated carbocycles. The summed E-state index contributed by atoms with van der Waals surface area (Å²) in [6.07, 6.45) is 1.87. The Balaban J connectivity index is 2.15. The van der Waals surface area contributed by atoms with Crippen LogP contribution in [0.3, 0.4) is 0 Å². The van der Waals surface area contributed by atoms with Crippen molar-refractivity contribution in [3.8, 4) is 6.07 Å². The van der Waals surface area contributed by atoms with Crippen LogP contribution >= 0.6 is 15.9 Å². The Kier molecular flexibility index (Phi) is 4.08. The maximum Gasteiger partial charge on any atom is 0.151 e. The van der Waals surface area contributed by atoms with Crippen molar-refractivity contribution in [3.05, 3.63) is 64.4 Å². The van der Waals surface area contributed by atoms with E-state index in [1.165, 1.54) is 0 Å². The summed E-state index contributed by atoms with van der Waals surface area (Å²) in [6, 6.07) is 18.1. The fraction of sp³-hybridized carbons (Fsp3) is 0.111. The molecule has 0 spiro atoms. The average Bonchev–Trinajstić information content (AvgIpc) is 2.92. The summed E-state index contributed by atoms with van der Waals surface area (Å²) in [5, 5.41) is 9.56. The first-order chi connectivity index (χ1) is 10.7. The van der Waals surface area contributed by atoms with Crippen LogP contribution in [0.4, 0.5) is 0 Å². The van der Waals surface area contributed by atoms with Gasteiger partial charge in [0, 0.05) is 11.0 Å². The van der Waals surface area contributed by atoms with Crippen LogP contribution in [0.1, 0.15) is 18.3 Å². The molecular formula is C18H14BrN3. The second-order valence-electron chi connectivity index (χ2n) is 4.89. The minimum atomic E-state index is 0.570. The van der Waals surface area contributed by atoms with Crippen LogP contribution in [0.5, 0.6) is 0 Å². The van der Waals surface area contributed by atoms with Gasteiger partial charge in [-0.15, -0.1) is 0 Å². The first kappa shape index (κ1) is 14.6. The van der Waals surface area contributed by atoms with E-state index in [-0.39, 0.29) is 0 Å². The van der Waals surface area contributed by atoms with E-state index in [9.17, 15) is 5.26 Å². The largest absolute Gasteiger partial charge is 0.324 e. The van der Waals surface area contributed by atoms with Gasteiger partial charge in [0.1, 0.15) is 6.07 Å². The molecule has 0 saturated heterocycles. The van der Waals surface area contributed by atoms with Crippen LogP contribution < -0.4 is 0 Å². The Morgan fingerprint density at radius 1 is 1.23 bits per heavy atom. The van der Waals surface area contributed by atoms with Crippen molar-refractivity contribution in [2.75, 3.05) is 0 Å². The number of aryl methyl sites for hydroxylation is 1. The summed E-state index contributed by atoms with van der Waals surface area (Å²) in [5.74, 6) is 0.717. The van der Waals surface area contributed by atoms with E-state index in [0.717, 1.165) is 27.6 Å². The molecule has 0 fully saturated rings. The fourth-order valence-electron chi connectivity index (χ4n) is 2.47. The summed E-state index contributed by atoms with van der Waals surface area (Å²) in [6.45, 7) is 2.83. The van der Waals surface area contributed by atoms with Crippen LogP contribution in [0.2, 0.25) is 0 Å². The van der Waals surface area contributed by atoms with Gasteiger partial charge in [0.2, 0.25) is 0 Å². The number of halogens is 1.